The highest BCUT2D eigenvalue weighted by Crippen LogP contribution is 2.35. The Hall–Kier alpha value is -2.15. The summed E-state index contributed by atoms with van der Waals surface area (Å²) in [6.45, 7) is 2.25. The molecule has 0 radical (unpaired) electrons. The number of nitro groups is 1. The first-order valence-corrected chi connectivity index (χ1v) is 7.34. The van der Waals surface area contributed by atoms with E-state index in [4.69, 9.17) is 5.73 Å². The van der Waals surface area contributed by atoms with Crippen LogP contribution in [-0.4, -0.2) is 28.6 Å². The first kappa shape index (κ1) is 16.2. The normalized spacial score (nSPS) is 24.7. The zero-order chi connectivity index (χ0) is 16.3. The van der Waals surface area contributed by atoms with Crippen molar-refractivity contribution in [2.75, 3.05) is 12.3 Å². The van der Waals surface area contributed by atoms with Gasteiger partial charge in [-0.25, -0.2) is 0 Å². The zero-order valence-electron chi connectivity index (χ0n) is 12.5. The van der Waals surface area contributed by atoms with Crippen molar-refractivity contribution in [1.29, 1.82) is 0 Å². The standard InChI is InChI=1S/C15H21N3O4/c1-15(8-3-2-7-12(15)19)9-17-14(20)10-5-4-6-11(13(10)16)18(21)22/h4-6,12,19H,2-3,7-9,16H2,1H3,(H,17,20). The van der Waals surface area contributed by atoms with E-state index in [9.17, 15) is 20.0 Å². The first-order valence-electron chi connectivity index (χ1n) is 7.34. The molecule has 0 aliphatic heterocycles. The molecule has 2 atom stereocenters. The molecule has 1 aliphatic rings. The van der Waals surface area contributed by atoms with Crippen LogP contribution in [0.15, 0.2) is 18.2 Å². The lowest BCUT2D eigenvalue weighted by Gasteiger charge is -2.38. The number of nitrogens with two attached hydrogens (primary N) is 1. The lowest BCUT2D eigenvalue weighted by molar-refractivity contribution is -0.383. The lowest BCUT2D eigenvalue weighted by Crippen LogP contribution is -2.45. The second kappa shape index (κ2) is 6.31. The van der Waals surface area contributed by atoms with Gasteiger partial charge in [0.15, 0.2) is 0 Å². The van der Waals surface area contributed by atoms with Gasteiger partial charge in [0.05, 0.1) is 16.6 Å². The van der Waals surface area contributed by atoms with E-state index in [1.54, 1.807) is 0 Å². The molecular formula is C15H21N3O4. The van der Waals surface area contributed by atoms with Crippen LogP contribution in [0, 0.1) is 15.5 Å². The Kier molecular flexibility index (Phi) is 4.65. The molecule has 0 heterocycles. The number of anilines is 1. The van der Waals surface area contributed by atoms with Crippen LogP contribution >= 0.6 is 0 Å². The summed E-state index contributed by atoms with van der Waals surface area (Å²) in [4.78, 5) is 22.5. The second-order valence-electron chi connectivity index (χ2n) is 6.09. The average Bonchev–Trinajstić information content (AvgIpc) is 2.48. The maximum absolute atomic E-state index is 12.2. The van der Waals surface area contributed by atoms with E-state index in [0.29, 0.717) is 6.54 Å². The van der Waals surface area contributed by atoms with E-state index in [1.807, 2.05) is 6.92 Å². The third kappa shape index (κ3) is 3.19. The minimum absolute atomic E-state index is 0.0862. The van der Waals surface area contributed by atoms with Gasteiger partial charge in [-0.2, -0.15) is 0 Å². The number of amides is 1. The molecular weight excluding hydrogens is 286 g/mol. The van der Waals surface area contributed by atoms with Crippen molar-refractivity contribution in [3.8, 4) is 0 Å². The minimum atomic E-state index is -0.613. The number of nitro benzene ring substituents is 1. The molecule has 0 bridgehead atoms. The van der Waals surface area contributed by atoms with Crippen molar-refractivity contribution in [3.63, 3.8) is 0 Å². The summed E-state index contributed by atoms with van der Waals surface area (Å²) in [5.74, 6) is -0.458. The Bertz CT molecular complexity index is 590. The van der Waals surface area contributed by atoms with Gasteiger partial charge >= 0.3 is 0 Å². The Labute approximate surface area is 128 Å². The molecule has 4 N–H and O–H groups in total. The van der Waals surface area contributed by atoms with Crippen molar-refractivity contribution < 1.29 is 14.8 Å². The third-order valence-electron chi connectivity index (χ3n) is 4.46. The summed E-state index contributed by atoms with van der Waals surface area (Å²) in [6.07, 6.45) is 3.11. The average molecular weight is 307 g/mol. The highest BCUT2D eigenvalue weighted by Gasteiger charge is 2.35. The number of benzene rings is 1. The number of nitrogen functional groups attached to an aromatic ring is 1. The van der Waals surface area contributed by atoms with Crippen LogP contribution in [0.2, 0.25) is 0 Å². The Balaban J connectivity index is 2.10. The molecule has 0 aromatic heterocycles. The fourth-order valence-corrected chi connectivity index (χ4v) is 2.88. The maximum Gasteiger partial charge on any atom is 0.292 e. The number of nitrogens with zero attached hydrogens (tertiary/aromatic N) is 1. The Morgan fingerprint density at radius 3 is 2.91 bits per heavy atom. The fourth-order valence-electron chi connectivity index (χ4n) is 2.88. The number of nitrogens with one attached hydrogen (secondary N) is 1. The maximum atomic E-state index is 12.2. The predicted octanol–water partition coefficient (Wildman–Crippen LogP) is 1.85. The predicted molar refractivity (Wildman–Crippen MR) is 82.4 cm³/mol. The van der Waals surface area contributed by atoms with Crippen LogP contribution in [-0.2, 0) is 0 Å². The summed E-state index contributed by atoms with van der Waals surface area (Å²) in [5, 5.41) is 23.7. The molecule has 1 saturated carbocycles. The van der Waals surface area contributed by atoms with Crippen molar-refractivity contribution >= 4 is 17.3 Å². The van der Waals surface area contributed by atoms with Crippen LogP contribution < -0.4 is 11.1 Å². The summed E-state index contributed by atoms with van der Waals surface area (Å²) < 4.78 is 0. The molecule has 7 heteroatoms. The zero-order valence-corrected chi connectivity index (χ0v) is 12.5. The SMILES string of the molecule is CC1(CNC(=O)c2cccc([N+](=O)[O-])c2N)CCCCC1O. The summed E-state index contributed by atoms with van der Waals surface area (Å²) in [6, 6.07) is 4.15. The van der Waals surface area contributed by atoms with E-state index in [-0.39, 0.29) is 22.4 Å². The van der Waals surface area contributed by atoms with Crippen molar-refractivity contribution in [1.82, 2.24) is 5.32 Å². The Morgan fingerprint density at radius 2 is 2.27 bits per heavy atom. The number of aliphatic hydroxyl groups excluding tert-OH is 1. The van der Waals surface area contributed by atoms with Crippen molar-refractivity contribution in [2.45, 2.75) is 38.7 Å². The van der Waals surface area contributed by atoms with E-state index in [1.165, 1.54) is 18.2 Å². The lowest BCUT2D eigenvalue weighted by atomic mass is 9.73. The number of hydrogen-bond acceptors (Lipinski definition) is 5. The van der Waals surface area contributed by atoms with Crippen LogP contribution in [0.3, 0.4) is 0 Å². The van der Waals surface area contributed by atoms with E-state index in [0.717, 1.165) is 25.7 Å². The molecule has 0 saturated heterocycles. The van der Waals surface area contributed by atoms with Gasteiger partial charge < -0.3 is 16.2 Å². The molecule has 1 aromatic rings. The van der Waals surface area contributed by atoms with Crippen molar-refractivity contribution in [3.05, 3.63) is 33.9 Å². The van der Waals surface area contributed by atoms with Gasteiger partial charge in [-0.15, -0.1) is 0 Å². The van der Waals surface area contributed by atoms with Gasteiger partial charge in [-0.3, -0.25) is 14.9 Å². The second-order valence-corrected chi connectivity index (χ2v) is 6.09. The van der Waals surface area contributed by atoms with Gasteiger partial charge in [0.1, 0.15) is 5.69 Å². The van der Waals surface area contributed by atoms with E-state index >= 15 is 0 Å². The van der Waals surface area contributed by atoms with Gasteiger partial charge in [-0.1, -0.05) is 25.8 Å². The van der Waals surface area contributed by atoms with Gasteiger partial charge in [-0.05, 0) is 18.9 Å². The largest absolute Gasteiger partial charge is 0.393 e. The molecule has 2 unspecified atom stereocenters. The topological polar surface area (TPSA) is 118 Å². The number of rotatable bonds is 4. The molecule has 0 spiro atoms. The van der Waals surface area contributed by atoms with Crippen LogP contribution in [0.1, 0.15) is 43.0 Å². The number of aliphatic hydroxyl groups is 1. The molecule has 1 fully saturated rings. The quantitative estimate of drug-likeness (QED) is 0.445. The van der Waals surface area contributed by atoms with Crippen molar-refractivity contribution in [2.24, 2.45) is 5.41 Å². The van der Waals surface area contributed by atoms with Crippen LogP contribution in [0.5, 0.6) is 0 Å². The number of para-hydroxylation sites is 1. The minimum Gasteiger partial charge on any atom is -0.393 e. The van der Waals surface area contributed by atoms with Crippen LogP contribution in [0.25, 0.3) is 0 Å². The third-order valence-corrected chi connectivity index (χ3v) is 4.46. The van der Waals surface area contributed by atoms with Gasteiger partial charge in [0.2, 0.25) is 0 Å². The van der Waals surface area contributed by atoms with Gasteiger partial charge in [0.25, 0.3) is 11.6 Å². The van der Waals surface area contributed by atoms with E-state index < -0.39 is 16.9 Å². The summed E-state index contributed by atoms with van der Waals surface area (Å²) >= 11 is 0. The fraction of sp³-hybridized carbons (Fsp3) is 0.533. The molecule has 1 aliphatic carbocycles. The highest BCUT2D eigenvalue weighted by molar-refractivity contribution is 6.00. The molecule has 120 valence electrons. The smallest absolute Gasteiger partial charge is 0.292 e. The summed E-state index contributed by atoms with van der Waals surface area (Å²) in [5.41, 5.74) is 5.00. The first-order chi connectivity index (χ1) is 10.3. The number of hydrogen-bond donors (Lipinski definition) is 3. The molecule has 22 heavy (non-hydrogen) atoms. The van der Waals surface area contributed by atoms with Gasteiger partial charge in [0, 0.05) is 18.0 Å². The highest BCUT2D eigenvalue weighted by atomic mass is 16.6. The number of carbonyl (C=O) groups excluding carboxylic acids is 1. The van der Waals surface area contributed by atoms with E-state index in [2.05, 4.69) is 5.32 Å². The molecule has 2 rings (SSSR count). The molecule has 1 amide bonds. The molecule has 1 aromatic carbocycles. The Morgan fingerprint density at radius 1 is 1.55 bits per heavy atom. The van der Waals surface area contributed by atoms with Crippen LogP contribution in [0.4, 0.5) is 11.4 Å². The molecule has 7 nitrogen and oxygen atoms in total. The monoisotopic (exact) mass is 307 g/mol. The summed E-state index contributed by atoms with van der Waals surface area (Å²) in [7, 11) is 0. The number of carbonyl (C=O) groups is 1.